The zero-order chi connectivity index (χ0) is 10.1. The molecule has 0 amide bonds. The number of nitrogens with zero attached hydrogens (tertiary/aromatic N) is 2. The first-order valence-electron chi connectivity index (χ1n) is 5.24. The molecule has 0 fully saturated rings. The Hall–Kier alpha value is -0.0800. The first-order valence-corrected chi connectivity index (χ1v) is 5.24. The van der Waals surface area contributed by atoms with Crippen molar-refractivity contribution >= 4 is 0 Å². The van der Waals surface area contributed by atoms with Crippen LogP contribution in [0.25, 0.3) is 0 Å². The summed E-state index contributed by atoms with van der Waals surface area (Å²) in [5.41, 5.74) is 0. The summed E-state index contributed by atoms with van der Waals surface area (Å²) >= 11 is 0. The molecule has 79 valence electrons. The highest BCUT2D eigenvalue weighted by Crippen LogP contribution is 2.02. The lowest BCUT2D eigenvalue weighted by Gasteiger charge is -2.10. The number of unbranched alkanes of at least 4 members (excludes halogenated alkanes) is 4. The summed E-state index contributed by atoms with van der Waals surface area (Å²) in [6, 6.07) is 0. The molecule has 0 aromatic heterocycles. The van der Waals surface area contributed by atoms with Crippen LogP contribution in [-0.2, 0) is 0 Å². The van der Waals surface area contributed by atoms with E-state index in [1.807, 2.05) is 0 Å². The van der Waals surface area contributed by atoms with Crippen molar-refractivity contribution in [3.05, 3.63) is 6.42 Å². The van der Waals surface area contributed by atoms with Crippen LogP contribution in [0.1, 0.15) is 25.7 Å². The van der Waals surface area contributed by atoms with Gasteiger partial charge >= 0.3 is 0 Å². The molecule has 0 heterocycles. The molecule has 0 bridgehead atoms. The minimum absolute atomic E-state index is 1.19. The number of hydrogen-bond donors (Lipinski definition) is 0. The average molecular weight is 185 g/mol. The molecule has 13 heavy (non-hydrogen) atoms. The Bertz CT molecular complexity index is 88.3. The Kier molecular flexibility index (Phi) is 8.46. The highest BCUT2D eigenvalue weighted by Gasteiger charge is 1.93. The summed E-state index contributed by atoms with van der Waals surface area (Å²) in [6.45, 7) is 2.41. The van der Waals surface area contributed by atoms with Gasteiger partial charge in [0.15, 0.2) is 0 Å². The second-order valence-corrected chi connectivity index (χ2v) is 4.18. The maximum absolute atomic E-state index is 2.41. The smallest absolute Gasteiger partial charge is 0.00221 e. The third-order valence-electron chi connectivity index (χ3n) is 2.04. The van der Waals surface area contributed by atoms with Gasteiger partial charge in [-0.05, 0) is 60.5 Å². The zero-order valence-electron chi connectivity index (χ0n) is 9.71. The summed E-state index contributed by atoms with van der Waals surface area (Å²) in [7, 11) is 8.52. The van der Waals surface area contributed by atoms with Crippen LogP contribution in [0, 0.1) is 6.42 Å². The van der Waals surface area contributed by atoms with Crippen molar-refractivity contribution in [2.45, 2.75) is 25.7 Å². The van der Waals surface area contributed by atoms with E-state index in [9.17, 15) is 0 Å². The Morgan fingerprint density at radius 1 is 0.769 bits per heavy atom. The molecule has 0 unspecified atom stereocenters. The predicted octanol–water partition coefficient (Wildman–Crippen LogP) is 1.87. The van der Waals surface area contributed by atoms with Crippen molar-refractivity contribution in [2.24, 2.45) is 0 Å². The molecule has 1 radical (unpaired) electrons. The summed E-state index contributed by atoms with van der Waals surface area (Å²) in [5, 5.41) is 0. The maximum Gasteiger partial charge on any atom is -0.00221 e. The van der Waals surface area contributed by atoms with Crippen LogP contribution in [-0.4, -0.2) is 51.1 Å². The molecular weight excluding hydrogens is 160 g/mol. The van der Waals surface area contributed by atoms with Gasteiger partial charge in [0.25, 0.3) is 0 Å². The van der Waals surface area contributed by atoms with E-state index >= 15 is 0 Å². The minimum atomic E-state index is 1.19. The second-order valence-electron chi connectivity index (χ2n) is 4.18. The van der Waals surface area contributed by atoms with Crippen molar-refractivity contribution in [3.8, 4) is 0 Å². The largest absolute Gasteiger partial charge is 0.309 e. The van der Waals surface area contributed by atoms with Crippen molar-refractivity contribution in [1.29, 1.82) is 0 Å². The van der Waals surface area contributed by atoms with Gasteiger partial charge < -0.3 is 9.80 Å². The summed E-state index contributed by atoms with van der Waals surface area (Å²) < 4.78 is 0. The molecule has 2 nitrogen and oxygen atoms in total. The van der Waals surface area contributed by atoms with Crippen LogP contribution in [0.2, 0.25) is 0 Å². The topological polar surface area (TPSA) is 6.48 Å². The van der Waals surface area contributed by atoms with E-state index in [1.54, 1.807) is 0 Å². The molecule has 0 aliphatic carbocycles. The summed E-state index contributed by atoms with van der Waals surface area (Å²) in [4.78, 5) is 4.48. The molecule has 2 heteroatoms. The van der Waals surface area contributed by atoms with E-state index in [4.69, 9.17) is 0 Å². The van der Waals surface area contributed by atoms with Crippen molar-refractivity contribution in [3.63, 3.8) is 0 Å². The van der Waals surface area contributed by atoms with E-state index in [1.165, 1.54) is 38.8 Å². The van der Waals surface area contributed by atoms with Gasteiger partial charge in [0.05, 0.1) is 0 Å². The fourth-order valence-electron chi connectivity index (χ4n) is 1.21. The quantitative estimate of drug-likeness (QED) is 0.533. The third kappa shape index (κ3) is 11.9. The molecule has 0 aromatic rings. The molecule has 0 saturated heterocycles. The van der Waals surface area contributed by atoms with Gasteiger partial charge in [-0.15, -0.1) is 0 Å². The molecule has 0 spiro atoms. The standard InChI is InChI=1S/C11H25N2/c1-12(2)10-8-6-5-7-9-11-13(3)4/h6H,5,7-11H2,1-4H3. The summed E-state index contributed by atoms with van der Waals surface area (Å²) in [5.74, 6) is 0. The van der Waals surface area contributed by atoms with Crippen LogP contribution in [0.5, 0.6) is 0 Å². The van der Waals surface area contributed by atoms with E-state index in [0.717, 1.165) is 0 Å². The SMILES string of the molecule is CN(C)CC[CH]CCCCN(C)C. The van der Waals surface area contributed by atoms with Gasteiger partial charge in [-0.3, -0.25) is 0 Å². The molecule has 0 aliphatic heterocycles. The first-order chi connectivity index (χ1) is 6.13. The molecule has 0 N–H and O–H groups in total. The fraction of sp³-hybridized carbons (Fsp3) is 0.909. The lowest BCUT2D eigenvalue weighted by atomic mass is 10.1. The molecule has 0 rings (SSSR count). The Morgan fingerprint density at radius 3 is 1.92 bits per heavy atom. The van der Waals surface area contributed by atoms with E-state index in [0.29, 0.717) is 0 Å². The van der Waals surface area contributed by atoms with Crippen LogP contribution in [0.3, 0.4) is 0 Å². The summed E-state index contributed by atoms with van der Waals surface area (Å²) in [6.07, 6.45) is 7.59. The molecular formula is C11H25N2. The van der Waals surface area contributed by atoms with Crippen LogP contribution < -0.4 is 0 Å². The normalized spacial score (nSPS) is 11.5. The lowest BCUT2D eigenvalue weighted by Crippen LogP contribution is -2.13. The van der Waals surface area contributed by atoms with Gasteiger partial charge in [-0.25, -0.2) is 0 Å². The highest BCUT2D eigenvalue weighted by molar-refractivity contribution is 4.66. The van der Waals surface area contributed by atoms with Crippen LogP contribution >= 0.6 is 0 Å². The van der Waals surface area contributed by atoms with Gasteiger partial charge in [0.1, 0.15) is 0 Å². The van der Waals surface area contributed by atoms with E-state index in [2.05, 4.69) is 44.4 Å². The molecule has 0 saturated carbocycles. The van der Waals surface area contributed by atoms with E-state index < -0.39 is 0 Å². The highest BCUT2D eigenvalue weighted by atomic mass is 15.0. The van der Waals surface area contributed by atoms with Crippen molar-refractivity contribution in [1.82, 2.24) is 9.80 Å². The fourth-order valence-corrected chi connectivity index (χ4v) is 1.21. The first kappa shape index (κ1) is 12.9. The Morgan fingerprint density at radius 2 is 1.38 bits per heavy atom. The number of hydrogen-bond acceptors (Lipinski definition) is 2. The van der Waals surface area contributed by atoms with E-state index in [-0.39, 0.29) is 0 Å². The van der Waals surface area contributed by atoms with Crippen LogP contribution in [0.4, 0.5) is 0 Å². The second kappa shape index (κ2) is 8.52. The Labute approximate surface area is 83.9 Å². The molecule has 0 atom stereocenters. The average Bonchev–Trinajstić information content (AvgIpc) is 2.01. The third-order valence-corrected chi connectivity index (χ3v) is 2.04. The Balaban J connectivity index is 2.92. The van der Waals surface area contributed by atoms with Crippen LogP contribution in [0.15, 0.2) is 0 Å². The van der Waals surface area contributed by atoms with Gasteiger partial charge in [0, 0.05) is 0 Å². The van der Waals surface area contributed by atoms with Gasteiger partial charge in [-0.2, -0.15) is 0 Å². The maximum atomic E-state index is 2.41. The minimum Gasteiger partial charge on any atom is -0.309 e. The van der Waals surface area contributed by atoms with Crippen molar-refractivity contribution < 1.29 is 0 Å². The lowest BCUT2D eigenvalue weighted by molar-refractivity contribution is 0.389. The van der Waals surface area contributed by atoms with Gasteiger partial charge in [-0.1, -0.05) is 12.8 Å². The zero-order valence-corrected chi connectivity index (χ0v) is 9.71. The molecule has 0 aliphatic rings. The monoisotopic (exact) mass is 185 g/mol. The number of rotatable bonds is 8. The predicted molar refractivity (Wildman–Crippen MR) is 59.9 cm³/mol. The molecule has 0 aromatic carbocycles. The van der Waals surface area contributed by atoms with Gasteiger partial charge in [0.2, 0.25) is 0 Å². The van der Waals surface area contributed by atoms with Crippen molar-refractivity contribution in [2.75, 3.05) is 41.3 Å².